The summed E-state index contributed by atoms with van der Waals surface area (Å²) < 4.78 is 0. The van der Waals surface area contributed by atoms with E-state index in [1.165, 1.54) is 6.42 Å². The molecule has 1 aromatic rings. The van der Waals surface area contributed by atoms with Crippen LogP contribution in [0.15, 0.2) is 12.1 Å². The second-order valence-electron chi connectivity index (χ2n) is 4.10. The summed E-state index contributed by atoms with van der Waals surface area (Å²) in [4.78, 5) is 0.513. The molecule has 0 aliphatic heterocycles. The summed E-state index contributed by atoms with van der Waals surface area (Å²) in [6, 6.07) is 4.06. The molecule has 1 heterocycles. The lowest BCUT2D eigenvalue weighted by atomic mass is 10.1. The summed E-state index contributed by atoms with van der Waals surface area (Å²) in [7, 11) is 0. The smallest absolute Gasteiger partial charge is 0.0642 e. The standard InChI is InChI=1S/C11H17BrN2/c1-8(2)6-10(12)7-11-5-4-9(3)13-14-11/h4-5,8,10H,6-7H2,1-3H3. The number of rotatable bonds is 4. The van der Waals surface area contributed by atoms with Gasteiger partial charge in [0.25, 0.3) is 0 Å². The fraction of sp³-hybridized carbons (Fsp3) is 0.636. The summed E-state index contributed by atoms with van der Waals surface area (Å²) in [6.07, 6.45) is 2.14. The number of halogens is 1. The van der Waals surface area contributed by atoms with Crippen LogP contribution in [0.1, 0.15) is 31.7 Å². The molecule has 14 heavy (non-hydrogen) atoms. The zero-order chi connectivity index (χ0) is 10.6. The summed E-state index contributed by atoms with van der Waals surface area (Å²) >= 11 is 3.67. The molecular formula is C11H17BrN2. The minimum Gasteiger partial charge on any atom is -0.156 e. The zero-order valence-electron chi connectivity index (χ0n) is 9.00. The summed E-state index contributed by atoms with van der Waals surface area (Å²) in [6.45, 7) is 6.42. The van der Waals surface area contributed by atoms with Crippen molar-refractivity contribution < 1.29 is 0 Å². The highest BCUT2D eigenvalue weighted by atomic mass is 79.9. The van der Waals surface area contributed by atoms with Gasteiger partial charge in [-0.3, -0.25) is 0 Å². The van der Waals surface area contributed by atoms with Crippen molar-refractivity contribution >= 4 is 15.9 Å². The predicted octanol–water partition coefficient (Wildman–Crippen LogP) is 3.14. The lowest BCUT2D eigenvalue weighted by Crippen LogP contribution is -2.08. The van der Waals surface area contributed by atoms with Gasteiger partial charge in [0, 0.05) is 11.2 Å². The van der Waals surface area contributed by atoms with Gasteiger partial charge in [-0.1, -0.05) is 29.8 Å². The average molecular weight is 257 g/mol. The van der Waals surface area contributed by atoms with E-state index in [4.69, 9.17) is 0 Å². The molecular weight excluding hydrogens is 240 g/mol. The molecule has 1 unspecified atom stereocenters. The van der Waals surface area contributed by atoms with E-state index in [1.807, 2.05) is 13.0 Å². The number of hydrogen-bond donors (Lipinski definition) is 0. The molecule has 0 saturated heterocycles. The summed E-state index contributed by atoms with van der Waals surface area (Å²) in [5, 5.41) is 8.19. The van der Waals surface area contributed by atoms with Crippen molar-refractivity contribution in [3.05, 3.63) is 23.5 Å². The molecule has 0 aliphatic rings. The third-order valence-corrected chi connectivity index (χ3v) is 2.71. The van der Waals surface area contributed by atoms with Gasteiger partial charge in [-0.25, -0.2) is 0 Å². The topological polar surface area (TPSA) is 25.8 Å². The van der Waals surface area contributed by atoms with E-state index >= 15 is 0 Å². The third kappa shape index (κ3) is 4.18. The number of hydrogen-bond acceptors (Lipinski definition) is 2. The van der Waals surface area contributed by atoms with Gasteiger partial charge in [0.1, 0.15) is 0 Å². The van der Waals surface area contributed by atoms with Crippen LogP contribution in [0.3, 0.4) is 0 Å². The molecule has 0 bridgehead atoms. The van der Waals surface area contributed by atoms with Crippen molar-refractivity contribution in [2.24, 2.45) is 5.92 Å². The Morgan fingerprint density at radius 2 is 2.00 bits per heavy atom. The molecule has 3 heteroatoms. The minimum absolute atomic E-state index is 0.513. The predicted molar refractivity (Wildman–Crippen MR) is 62.6 cm³/mol. The fourth-order valence-corrected chi connectivity index (χ4v) is 2.44. The van der Waals surface area contributed by atoms with Crippen LogP contribution in [0.2, 0.25) is 0 Å². The van der Waals surface area contributed by atoms with Gasteiger partial charge in [0.2, 0.25) is 0 Å². The van der Waals surface area contributed by atoms with Gasteiger partial charge in [0.05, 0.1) is 11.4 Å². The number of aromatic nitrogens is 2. The normalized spacial score (nSPS) is 13.2. The van der Waals surface area contributed by atoms with Gasteiger partial charge in [-0.2, -0.15) is 10.2 Å². The van der Waals surface area contributed by atoms with Crippen molar-refractivity contribution in [3.63, 3.8) is 0 Å². The van der Waals surface area contributed by atoms with Gasteiger partial charge in [-0.15, -0.1) is 0 Å². The van der Waals surface area contributed by atoms with Crippen LogP contribution in [-0.4, -0.2) is 15.0 Å². The van der Waals surface area contributed by atoms with E-state index < -0.39 is 0 Å². The molecule has 0 N–H and O–H groups in total. The molecule has 78 valence electrons. The van der Waals surface area contributed by atoms with E-state index in [9.17, 15) is 0 Å². The molecule has 0 aliphatic carbocycles. The quantitative estimate of drug-likeness (QED) is 0.774. The number of aryl methyl sites for hydroxylation is 1. The lowest BCUT2D eigenvalue weighted by Gasteiger charge is -2.11. The first kappa shape index (κ1) is 11.6. The maximum atomic E-state index is 4.15. The van der Waals surface area contributed by atoms with Gasteiger partial charge in [0.15, 0.2) is 0 Å². The highest BCUT2D eigenvalue weighted by molar-refractivity contribution is 9.09. The van der Waals surface area contributed by atoms with E-state index in [0.29, 0.717) is 4.83 Å². The van der Waals surface area contributed by atoms with E-state index in [0.717, 1.165) is 23.7 Å². The van der Waals surface area contributed by atoms with Gasteiger partial charge < -0.3 is 0 Å². The Morgan fingerprint density at radius 1 is 1.29 bits per heavy atom. The van der Waals surface area contributed by atoms with E-state index in [1.54, 1.807) is 0 Å². The van der Waals surface area contributed by atoms with E-state index in [-0.39, 0.29) is 0 Å². The molecule has 1 atom stereocenters. The monoisotopic (exact) mass is 256 g/mol. The Kier molecular flexibility index (Phi) is 4.52. The van der Waals surface area contributed by atoms with Crippen LogP contribution < -0.4 is 0 Å². The summed E-state index contributed by atoms with van der Waals surface area (Å²) in [5.41, 5.74) is 2.04. The highest BCUT2D eigenvalue weighted by Crippen LogP contribution is 2.16. The van der Waals surface area contributed by atoms with Crippen molar-refractivity contribution in [1.29, 1.82) is 0 Å². The molecule has 1 aromatic heterocycles. The first-order valence-corrected chi connectivity index (χ1v) is 5.92. The highest BCUT2D eigenvalue weighted by Gasteiger charge is 2.08. The maximum absolute atomic E-state index is 4.15. The van der Waals surface area contributed by atoms with Crippen LogP contribution in [0.4, 0.5) is 0 Å². The van der Waals surface area contributed by atoms with Crippen LogP contribution in [0.25, 0.3) is 0 Å². The molecule has 0 amide bonds. The average Bonchev–Trinajstić information content (AvgIpc) is 2.07. The first-order chi connectivity index (χ1) is 6.58. The van der Waals surface area contributed by atoms with Crippen LogP contribution in [-0.2, 0) is 6.42 Å². The van der Waals surface area contributed by atoms with Gasteiger partial charge >= 0.3 is 0 Å². The Bertz CT molecular complexity index is 269. The molecule has 0 fully saturated rings. The minimum atomic E-state index is 0.513. The third-order valence-electron chi connectivity index (χ3n) is 2.01. The molecule has 2 nitrogen and oxygen atoms in total. The first-order valence-electron chi connectivity index (χ1n) is 5.01. The Morgan fingerprint density at radius 3 is 2.50 bits per heavy atom. The Hall–Kier alpha value is -0.440. The van der Waals surface area contributed by atoms with Crippen molar-refractivity contribution in [2.75, 3.05) is 0 Å². The zero-order valence-corrected chi connectivity index (χ0v) is 10.6. The second kappa shape index (κ2) is 5.44. The van der Waals surface area contributed by atoms with Crippen LogP contribution in [0.5, 0.6) is 0 Å². The molecule has 1 rings (SSSR count). The largest absolute Gasteiger partial charge is 0.156 e. The van der Waals surface area contributed by atoms with Crippen molar-refractivity contribution in [2.45, 2.75) is 38.4 Å². The second-order valence-corrected chi connectivity index (χ2v) is 5.39. The van der Waals surface area contributed by atoms with E-state index in [2.05, 4.69) is 46.0 Å². The molecule has 0 spiro atoms. The van der Waals surface area contributed by atoms with Crippen LogP contribution >= 0.6 is 15.9 Å². The van der Waals surface area contributed by atoms with Crippen molar-refractivity contribution in [1.82, 2.24) is 10.2 Å². The fourth-order valence-electron chi connectivity index (χ4n) is 1.36. The lowest BCUT2D eigenvalue weighted by molar-refractivity contribution is 0.567. The molecule has 0 radical (unpaired) electrons. The number of nitrogens with zero attached hydrogens (tertiary/aromatic N) is 2. The van der Waals surface area contributed by atoms with Gasteiger partial charge in [-0.05, 0) is 31.4 Å². The number of alkyl halides is 1. The van der Waals surface area contributed by atoms with Crippen molar-refractivity contribution in [3.8, 4) is 0 Å². The summed E-state index contributed by atoms with van der Waals surface area (Å²) in [5.74, 6) is 0.720. The molecule has 0 saturated carbocycles. The van der Waals surface area contributed by atoms with Crippen LogP contribution in [0, 0.1) is 12.8 Å². The molecule has 0 aromatic carbocycles. The Balaban J connectivity index is 2.47. The SMILES string of the molecule is Cc1ccc(CC(Br)CC(C)C)nn1. The Labute approximate surface area is 94.3 Å². The maximum Gasteiger partial charge on any atom is 0.0642 e.